The Morgan fingerprint density at radius 2 is 1.82 bits per heavy atom. The molecule has 13 nitrogen and oxygen atoms in total. The van der Waals surface area contributed by atoms with E-state index in [1.54, 1.807) is 32.3 Å². The first-order valence-corrected chi connectivity index (χ1v) is 17.0. The second-order valence-electron chi connectivity index (χ2n) is 13.8. The highest BCUT2D eigenvalue weighted by molar-refractivity contribution is 6.06. The molecule has 1 unspecified atom stereocenters. The predicted molar refractivity (Wildman–Crippen MR) is 178 cm³/mol. The number of alkyl halides is 3. The second kappa shape index (κ2) is 13.0. The number of carbonyl (C=O) groups excluding carboxylic acids is 3. The molecule has 0 spiro atoms. The van der Waals surface area contributed by atoms with Gasteiger partial charge in [0.2, 0.25) is 11.8 Å². The van der Waals surface area contributed by atoms with Crippen molar-refractivity contribution in [3.05, 3.63) is 59.1 Å². The minimum absolute atomic E-state index is 0.00154. The van der Waals surface area contributed by atoms with Gasteiger partial charge in [0, 0.05) is 41.4 Å². The number of nitrogens with zero attached hydrogens (tertiary/aromatic N) is 7. The minimum atomic E-state index is -4.71. The summed E-state index contributed by atoms with van der Waals surface area (Å²) < 4.78 is 48.0. The van der Waals surface area contributed by atoms with Gasteiger partial charge in [-0.05, 0) is 63.1 Å². The minimum Gasteiger partial charge on any atom is -0.381 e. The fraction of sp³-hybridized carbons (Fsp3) is 0.486. The maximum absolute atomic E-state index is 14.4. The molecule has 2 fully saturated rings. The Bertz CT molecular complexity index is 2030. The zero-order valence-electron chi connectivity index (χ0n) is 28.5. The van der Waals surface area contributed by atoms with E-state index < -0.39 is 41.0 Å². The van der Waals surface area contributed by atoms with Gasteiger partial charge in [-0.15, -0.1) is 0 Å². The molecule has 3 aliphatic rings. The molecule has 2 bridgehead atoms. The zero-order chi connectivity index (χ0) is 36.2. The van der Waals surface area contributed by atoms with Crippen molar-refractivity contribution in [3.8, 4) is 11.3 Å². The summed E-state index contributed by atoms with van der Waals surface area (Å²) in [6.07, 6.45) is 2.77. The molecule has 7 rings (SSSR count). The number of carbonyl (C=O) groups is 3. The number of pyridine rings is 2. The summed E-state index contributed by atoms with van der Waals surface area (Å²) in [7, 11) is 0. The zero-order valence-corrected chi connectivity index (χ0v) is 28.5. The highest BCUT2D eigenvalue weighted by Crippen LogP contribution is 2.64. The fourth-order valence-electron chi connectivity index (χ4n) is 7.74. The van der Waals surface area contributed by atoms with Crippen LogP contribution in [0.4, 0.5) is 19.0 Å². The second-order valence-corrected chi connectivity index (χ2v) is 13.8. The molecule has 1 aliphatic carbocycles. The molecule has 268 valence electrons. The molecule has 0 aromatic carbocycles. The molecule has 16 heteroatoms. The summed E-state index contributed by atoms with van der Waals surface area (Å²) in [5.41, 5.74) is 6.76. The van der Waals surface area contributed by atoms with E-state index in [-0.39, 0.29) is 36.4 Å². The molecule has 4 aromatic heterocycles. The molecule has 2 aliphatic heterocycles. The van der Waals surface area contributed by atoms with Gasteiger partial charge < -0.3 is 20.7 Å². The molecule has 0 radical (unpaired) electrons. The number of hydrogen-bond acceptors (Lipinski definition) is 9. The standard InChI is InChI=1S/C35H38F3N9O4/c1-18-9-10-26(35(36,37)38)43-32(18)44-33(50)25-13-34-17-51-11-7-5-4-6-8-23-29-22(12-24(42-23)21-14-40-20(3)41-15-21)28(31(39)49)45-46(29)16-27(48)47(25)30(34)19(34)2/h9-10,12,14-15,19,25,30H,4-8,11,13,16-17H2,1-3H3,(H2,39,49)(H,43,44,50)/t19-,25-,30?,34+/m0/s1. The van der Waals surface area contributed by atoms with Crippen molar-refractivity contribution in [3.63, 3.8) is 0 Å². The number of hydrogen-bond donors (Lipinski definition) is 2. The van der Waals surface area contributed by atoms with E-state index in [0.29, 0.717) is 58.9 Å². The summed E-state index contributed by atoms with van der Waals surface area (Å²) >= 11 is 0. The van der Waals surface area contributed by atoms with Crippen LogP contribution in [0.25, 0.3) is 22.2 Å². The molecule has 3 amide bonds. The molecule has 1 saturated carbocycles. The van der Waals surface area contributed by atoms with Crippen LogP contribution in [0.5, 0.6) is 0 Å². The first-order valence-electron chi connectivity index (χ1n) is 17.0. The predicted octanol–water partition coefficient (Wildman–Crippen LogP) is 4.40. The average Bonchev–Trinajstić information content (AvgIpc) is 3.34. The Morgan fingerprint density at radius 1 is 1.08 bits per heavy atom. The van der Waals surface area contributed by atoms with Crippen molar-refractivity contribution >= 4 is 34.4 Å². The molecule has 6 heterocycles. The van der Waals surface area contributed by atoms with Gasteiger partial charge in [0.15, 0.2) is 5.69 Å². The molecular weight excluding hydrogens is 667 g/mol. The third kappa shape index (κ3) is 6.29. The highest BCUT2D eigenvalue weighted by Gasteiger charge is 2.72. The lowest BCUT2D eigenvalue weighted by atomic mass is 9.96. The largest absolute Gasteiger partial charge is 0.433 e. The van der Waals surface area contributed by atoms with Crippen LogP contribution < -0.4 is 11.1 Å². The first-order chi connectivity index (χ1) is 24.3. The van der Waals surface area contributed by atoms with Gasteiger partial charge in [-0.3, -0.25) is 24.0 Å². The van der Waals surface area contributed by atoms with Crippen LogP contribution in [-0.4, -0.2) is 77.6 Å². The molecule has 51 heavy (non-hydrogen) atoms. The maximum atomic E-state index is 14.4. The number of amides is 3. The molecule has 4 atom stereocenters. The number of halogens is 3. The highest BCUT2D eigenvalue weighted by atomic mass is 19.4. The van der Waals surface area contributed by atoms with Gasteiger partial charge in [0.05, 0.1) is 23.5 Å². The van der Waals surface area contributed by atoms with Crippen molar-refractivity contribution < 1.29 is 32.3 Å². The number of rotatable bonds is 4. The van der Waals surface area contributed by atoms with Gasteiger partial charge >= 0.3 is 6.18 Å². The number of nitrogens with one attached hydrogen (secondary N) is 1. The van der Waals surface area contributed by atoms with E-state index >= 15 is 0 Å². The SMILES string of the molecule is Cc1ncc(-c2cc3c(C(N)=O)nn4c3c(n2)CCCCCCOC[C@@]23C[C@@H](C(=O)Nc5nc(C(F)(F)F)ccc5C)N(C(=O)C4)C2[C@@H]3C)cn1. The molecule has 3 N–H and O–H groups in total. The van der Waals surface area contributed by atoms with Crippen molar-refractivity contribution in [1.82, 2.24) is 34.6 Å². The van der Waals surface area contributed by atoms with Crippen LogP contribution in [0.1, 0.15) is 72.3 Å². The van der Waals surface area contributed by atoms with E-state index in [1.807, 2.05) is 6.92 Å². The Hall–Kier alpha value is -4.99. The first kappa shape index (κ1) is 34.5. The molecule has 4 aromatic rings. The van der Waals surface area contributed by atoms with Crippen LogP contribution in [0.15, 0.2) is 30.6 Å². The quantitative estimate of drug-likeness (QED) is 0.313. The third-order valence-electron chi connectivity index (χ3n) is 10.5. The van der Waals surface area contributed by atoms with Crippen LogP contribution in [-0.2, 0) is 33.5 Å². The summed E-state index contributed by atoms with van der Waals surface area (Å²) in [6.45, 7) is 5.83. The Morgan fingerprint density at radius 3 is 2.55 bits per heavy atom. The summed E-state index contributed by atoms with van der Waals surface area (Å²) in [5.74, 6) is -1.52. The molecule has 1 saturated heterocycles. The average molecular weight is 706 g/mol. The van der Waals surface area contributed by atoms with Gasteiger partial charge in [-0.25, -0.2) is 15.0 Å². The fourth-order valence-corrected chi connectivity index (χ4v) is 7.74. The summed E-state index contributed by atoms with van der Waals surface area (Å²) in [5, 5.41) is 7.53. The number of anilines is 1. The van der Waals surface area contributed by atoms with E-state index in [4.69, 9.17) is 15.5 Å². The summed E-state index contributed by atoms with van der Waals surface area (Å²) in [6, 6.07) is 2.42. The monoisotopic (exact) mass is 705 g/mol. The number of aryl methyl sites for hydroxylation is 3. The van der Waals surface area contributed by atoms with Gasteiger partial charge in [-0.2, -0.15) is 18.3 Å². The Labute approximate surface area is 291 Å². The van der Waals surface area contributed by atoms with Crippen molar-refractivity contribution in [2.24, 2.45) is 17.1 Å². The van der Waals surface area contributed by atoms with E-state index in [1.165, 1.54) is 15.6 Å². The third-order valence-corrected chi connectivity index (χ3v) is 10.5. The van der Waals surface area contributed by atoms with Crippen molar-refractivity contribution in [2.45, 2.75) is 84.1 Å². The van der Waals surface area contributed by atoms with Crippen LogP contribution in [0.2, 0.25) is 0 Å². The number of primary amides is 1. The van der Waals surface area contributed by atoms with Gasteiger partial charge in [-0.1, -0.05) is 25.8 Å². The van der Waals surface area contributed by atoms with Crippen molar-refractivity contribution in [1.29, 1.82) is 0 Å². The summed E-state index contributed by atoms with van der Waals surface area (Å²) in [4.78, 5) is 59.8. The van der Waals surface area contributed by atoms with Crippen LogP contribution >= 0.6 is 0 Å². The van der Waals surface area contributed by atoms with Gasteiger partial charge in [0.25, 0.3) is 5.91 Å². The number of nitrogens with two attached hydrogens (primary N) is 1. The number of aromatic nitrogens is 6. The Balaban J connectivity index is 1.28. The van der Waals surface area contributed by atoms with E-state index in [2.05, 4.69) is 25.4 Å². The lowest BCUT2D eigenvalue weighted by Crippen LogP contribution is -2.47. The van der Waals surface area contributed by atoms with E-state index in [0.717, 1.165) is 31.7 Å². The lowest BCUT2D eigenvalue weighted by Gasteiger charge is -2.28. The number of piperidine rings is 1. The van der Waals surface area contributed by atoms with E-state index in [9.17, 15) is 27.6 Å². The smallest absolute Gasteiger partial charge is 0.381 e. The normalized spacial score (nSPS) is 24.0. The van der Waals surface area contributed by atoms with Crippen LogP contribution in [0, 0.1) is 25.2 Å². The van der Waals surface area contributed by atoms with Crippen molar-refractivity contribution in [2.75, 3.05) is 18.5 Å². The Kier molecular flexibility index (Phi) is 8.76. The maximum Gasteiger partial charge on any atom is 0.433 e. The number of ether oxygens (including phenoxy) is 1. The topological polar surface area (TPSA) is 171 Å². The lowest BCUT2D eigenvalue weighted by molar-refractivity contribution is -0.141. The molecular formula is C35H38F3N9O4. The van der Waals surface area contributed by atoms with Crippen LogP contribution in [0.3, 0.4) is 0 Å². The van der Waals surface area contributed by atoms with Gasteiger partial charge in [0.1, 0.15) is 29.9 Å².